The van der Waals surface area contributed by atoms with Gasteiger partial charge in [0.15, 0.2) is 5.11 Å². The molecule has 6 heteroatoms. The first kappa shape index (κ1) is 16.7. The standard InChI is InChI=1S/C16H23N3O2S/c1-2-3-8-15(20)18-16(22)17-13-6-4-5-7-14(13)19-9-11-21-12-10-19/h4-7H,2-3,8-12H2,1H3,(H2,17,18,20,22). The summed E-state index contributed by atoms with van der Waals surface area (Å²) in [5.74, 6) is -0.0387. The number of carbonyl (C=O) groups is 1. The molecule has 1 aromatic carbocycles. The third-order valence-electron chi connectivity index (χ3n) is 3.51. The fourth-order valence-electron chi connectivity index (χ4n) is 2.34. The monoisotopic (exact) mass is 321 g/mol. The highest BCUT2D eigenvalue weighted by molar-refractivity contribution is 7.80. The number of amides is 1. The van der Waals surface area contributed by atoms with Crippen LogP contribution in [0.5, 0.6) is 0 Å². The molecule has 0 saturated carbocycles. The summed E-state index contributed by atoms with van der Waals surface area (Å²) in [6.45, 7) is 5.23. The SMILES string of the molecule is CCCCC(=O)NC(=S)Nc1ccccc1N1CCOCC1. The number of hydrogen-bond donors (Lipinski definition) is 2. The Kier molecular flexibility index (Phi) is 6.61. The molecule has 1 amide bonds. The fraction of sp³-hybridized carbons (Fsp3) is 0.500. The van der Waals surface area contributed by atoms with E-state index < -0.39 is 0 Å². The molecule has 0 aliphatic carbocycles. The van der Waals surface area contributed by atoms with Gasteiger partial charge in [-0.05, 0) is 30.8 Å². The summed E-state index contributed by atoms with van der Waals surface area (Å²) in [6.07, 6.45) is 2.37. The summed E-state index contributed by atoms with van der Waals surface area (Å²) in [4.78, 5) is 14.0. The number of anilines is 2. The third kappa shape index (κ3) is 4.96. The maximum absolute atomic E-state index is 11.7. The van der Waals surface area contributed by atoms with Crippen molar-refractivity contribution in [2.75, 3.05) is 36.5 Å². The van der Waals surface area contributed by atoms with Crippen LogP contribution in [0.15, 0.2) is 24.3 Å². The van der Waals surface area contributed by atoms with E-state index in [1.54, 1.807) is 0 Å². The summed E-state index contributed by atoms with van der Waals surface area (Å²) < 4.78 is 5.39. The van der Waals surface area contributed by atoms with Crippen LogP contribution in [0.1, 0.15) is 26.2 Å². The first-order valence-corrected chi connectivity index (χ1v) is 8.14. The maximum atomic E-state index is 11.7. The zero-order valence-corrected chi connectivity index (χ0v) is 13.7. The van der Waals surface area contributed by atoms with Crippen LogP contribution in [0.25, 0.3) is 0 Å². The van der Waals surface area contributed by atoms with Crippen LogP contribution in [0, 0.1) is 0 Å². The lowest BCUT2D eigenvalue weighted by Crippen LogP contribution is -2.38. The topological polar surface area (TPSA) is 53.6 Å². The Balaban J connectivity index is 1.97. The number of carbonyl (C=O) groups excluding carboxylic acids is 1. The lowest BCUT2D eigenvalue weighted by atomic mass is 10.2. The molecule has 1 aliphatic heterocycles. The van der Waals surface area contributed by atoms with E-state index in [0.29, 0.717) is 11.5 Å². The Bertz CT molecular complexity index is 516. The lowest BCUT2D eigenvalue weighted by Gasteiger charge is -2.30. The molecule has 1 heterocycles. The molecule has 0 spiro atoms. The van der Waals surface area contributed by atoms with Crippen LogP contribution in [0.2, 0.25) is 0 Å². The highest BCUT2D eigenvalue weighted by Crippen LogP contribution is 2.26. The normalized spacial score (nSPS) is 14.5. The van der Waals surface area contributed by atoms with Crippen molar-refractivity contribution in [3.8, 4) is 0 Å². The molecule has 0 unspecified atom stereocenters. The van der Waals surface area contributed by atoms with E-state index in [2.05, 4.69) is 28.5 Å². The van der Waals surface area contributed by atoms with Crippen molar-refractivity contribution >= 4 is 34.6 Å². The van der Waals surface area contributed by atoms with Gasteiger partial charge in [0.05, 0.1) is 24.6 Å². The molecular formula is C16H23N3O2S. The number of thiocarbonyl (C=S) groups is 1. The summed E-state index contributed by atoms with van der Waals surface area (Å²) in [7, 11) is 0. The Morgan fingerprint density at radius 1 is 1.32 bits per heavy atom. The molecule has 0 atom stereocenters. The molecule has 1 aromatic rings. The molecule has 1 fully saturated rings. The number of unbranched alkanes of at least 4 members (excludes halogenated alkanes) is 1. The smallest absolute Gasteiger partial charge is 0.226 e. The number of hydrogen-bond acceptors (Lipinski definition) is 4. The van der Waals surface area contributed by atoms with Crippen LogP contribution in [-0.2, 0) is 9.53 Å². The van der Waals surface area contributed by atoms with E-state index >= 15 is 0 Å². The zero-order chi connectivity index (χ0) is 15.8. The van der Waals surface area contributed by atoms with E-state index in [0.717, 1.165) is 50.5 Å². The van der Waals surface area contributed by atoms with Crippen LogP contribution in [0.4, 0.5) is 11.4 Å². The second-order valence-corrected chi connectivity index (χ2v) is 5.63. The van der Waals surface area contributed by atoms with E-state index in [1.165, 1.54) is 0 Å². The van der Waals surface area contributed by atoms with Gasteiger partial charge in [0.1, 0.15) is 0 Å². The van der Waals surface area contributed by atoms with Crippen molar-refractivity contribution in [1.82, 2.24) is 5.32 Å². The number of nitrogens with one attached hydrogen (secondary N) is 2. The molecule has 0 aromatic heterocycles. The Labute approximate surface area is 137 Å². The van der Waals surface area contributed by atoms with Gasteiger partial charge in [-0.2, -0.15) is 0 Å². The predicted molar refractivity (Wildman–Crippen MR) is 93.4 cm³/mol. The second-order valence-electron chi connectivity index (χ2n) is 5.22. The molecule has 120 valence electrons. The van der Waals surface area contributed by atoms with Crippen molar-refractivity contribution in [2.45, 2.75) is 26.2 Å². The second kappa shape index (κ2) is 8.70. The molecule has 0 bridgehead atoms. The van der Waals surface area contributed by atoms with E-state index in [-0.39, 0.29) is 5.91 Å². The minimum absolute atomic E-state index is 0.0387. The molecule has 5 nitrogen and oxygen atoms in total. The van der Waals surface area contributed by atoms with E-state index in [9.17, 15) is 4.79 Å². The summed E-state index contributed by atoms with van der Waals surface area (Å²) in [6, 6.07) is 7.97. The number of nitrogens with zero attached hydrogens (tertiary/aromatic N) is 1. The highest BCUT2D eigenvalue weighted by Gasteiger charge is 2.15. The molecule has 2 rings (SSSR count). The zero-order valence-electron chi connectivity index (χ0n) is 12.9. The van der Waals surface area contributed by atoms with Crippen molar-refractivity contribution in [3.63, 3.8) is 0 Å². The first-order chi connectivity index (χ1) is 10.7. The van der Waals surface area contributed by atoms with Crippen LogP contribution < -0.4 is 15.5 Å². The van der Waals surface area contributed by atoms with Gasteiger partial charge < -0.3 is 20.3 Å². The lowest BCUT2D eigenvalue weighted by molar-refractivity contribution is -0.119. The molecule has 0 radical (unpaired) electrons. The number of morpholine rings is 1. The molecule has 22 heavy (non-hydrogen) atoms. The van der Waals surface area contributed by atoms with E-state index in [4.69, 9.17) is 17.0 Å². The van der Waals surface area contributed by atoms with E-state index in [1.807, 2.05) is 18.2 Å². The van der Waals surface area contributed by atoms with Gasteiger partial charge in [0.25, 0.3) is 0 Å². The molecule has 2 N–H and O–H groups in total. The summed E-state index contributed by atoms with van der Waals surface area (Å²) >= 11 is 5.24. The van der Waals surface area contributed by atoms with Crippen LogP contribution >= 0.6 is 12.2 Å². The first-order valence-electron chi connectivity index (χ1n) is 7.73. The average molecular weight is 321 g/mol. The Hall–Kier alpha value is -1.66. The number of ether oxygens (including phenoxy) is 1. The molecule has 1 saturated heterocycles. The largest absolute Gasteiger partial charge is 0.378 e. The highest BCUT2D eigenvalue weighted by atomic mass is 32.1. The number of rotatable bonds is 5. The Morgan fingerprint density at radius 3 is 2.77 bits per heavy atom. The average Bonchev–Trinajstić information content (AvgIpc) is 2.54. The van der Waals surface area contributed by atoms with Crippen molar-refractivity contribution in [2.24, 2.45) is 0 Å². The molecule has 1 aliphatic rings. The number of para-hydroxylation sites is 2. The molecular weight excluding hydrogens is 298 g/mol. The Morgan fingerprint density at radius 2 is 2.05 bits per heavy atom. The van der Waals surface area contributed by atoms with Gasteiger partial charge in [-0.25, -0.2) is 0 Å². The van der Waals surface area contributed by atoms with Crippen molar-refractivity contribution in [1.29, 1.82) is 0 Å². The van der Waals surface area contributed by atoms with Crippen molar-refractivity contribution < 1.29 is 9.53 Å². The minimum atomic E-state index is -0.0387. The summed E-state index contributed by atoms with van der Waals surface area (Å²) in [5.41, 5.74) is 1.99. The van der Waals surface area contributed by atoms with Gasteiger partial charge in [0, 0.05) is 19.5 Å². The summed E-state index contributed by atoms with van der Waals surface area (Å²) in [5, 5.41) is 6.21. The van der Waals surface area contributed by atoms with Gasteiger partial charge in [0.2, 0.25) is 5.91 Å². The van der Waals surface area contributed by atoms with Crippen LogP contribution in [0.3, 0.4) is 0 Å². The van der Waals surface area contributed by atoms with Crippen LogP contribution in [-0.4, -0.2) is 37.3 Å². The van der Waals surface area contributed by atoms with Gasteiger partial charge in [-0.1, -0.05) is 25.5 Å². The van der Waals surface area contributed by atoms with Crippen molar-refractivity contribution in [3.05, 3.63) is 24.3 Å². The van der Waals surface area contributed by atoms with Gasteiger partial charge in [-0.15, -0.1) is 0 Å². The fourth-order valence-corrected chi connectivity index (χ4v) is 2.56. The predicted octanol–water partition coefficient (Wildman–Crippen LogP) is 2.53. The number of benzene rings is 1. The minimum Gasteiger partial charge on any atom is -0.378 e. The maximum Gasteiger partial charge on any atom is 0.226 e. The van der Waals surface area contributed by atoms with Gasteiger partial charge in [-0.3, -0.25) is 4.79 Å². The third-order valence-corrected chi connectivity index (χ3v) is 3.72. The quantitative estimate of drug-likeness (QED) is 0.816. The van der Waals surface area contributed by atoms with Gasteiger partial charge >= 0.3 is 0 Å².